The number of hydrogen-bond acceptors (Lipinski definition) is 3. The maximum Gasteiger partial charge on any atom is 0.275 e. The minimum atomic E-state index is -0.929. The van der Waals surface area contributed by atoms with Crippen molar-refractivity contribution in [2.75, 3.05) is 0 Å². The van der Waals surface area contributed by atoms with Gasteiger partial charge in [-0.15, -0.1) is 0 Å². The number of halogens is 2. The fourth-order valence-corrected chi connectivity index (χ4v) is 4.53. The molecule has 5 aromatic rings. The van der Waals surface area contributed by atoms with E-state index in [1.807, 2.05) is 0 Å². The van der Waals surface area contributed by atoms with E-state index in [1.54, 1.807) is 32.0 Å². The second kappa shape index (κ2) is 8.84. The van der Waals surface area contributed by atoms with Gasteiger partial charge in [0.15, 0.2) is 0 Å². The SMILES string of the molecule is Cc1[nH]n(-c2ccc(F)cc2)c(=O)c1C(c1ccccc1O)c1c(C)[nH]n(-c2ccc(F)cc2)c1=O. The molecular weight excluding hydrogens is 466 g/mol. The van der Waals surface area contributed by atoms with Gasteiger partial charge in [-0.3, -0.25) is 19.8 Å². The first-order valence-electron chi connectivity index (χ1n) is 11.2. The highest BCUT2D eigenvalue weighted by atomic mass is 19.1. The lowest BCUT2D eigenvalue weighted by Gasteiger charge is -2.17. The van der Waals surface area contributed by atoms with E-state index in [0.717, 1.165) is 0 Å². The molecule has 3 aromatic carbocycles. The molecule has 0 unspecified atom stereocenters. The van der Waals surface area contributed by atoms with Crippen molar-refractivity contribution < 1.29 is 13.9 Å². The van der Waals surface area contributed by atoms with Crippen LogP contribution in [-0.4, -0.2) is 24.7 Å². The second-order valence-corrected chi connectivity index (χ2v) is 8.53. The van der Waals surface area contributed by atoms with Gasteiger partial charge < -0.3 is 5.11 Å². The average molecular weight is 488 g/mol. The lowest BCUT2D eigenvalue weighted by atomic mass is 9.85. The summed E-state index contributed by atoms with van der Waals surface area (Å²) in [4.78, 5) is 27.4. The van der Waals surface area contributed by atoms with Gasteiger partial charge in [0.2, 0.25) is 0 Å². The van der Waals surface area contributed by atoms with E-state index in [0.29, 0.717) is 28.3 Å². The van der Waals surface area contributed by atoms with Crippen LogP contribution in [-0.2, 0) is 0 Å². The Hall–Kier alpha value is -4.66. The van der Waals surface area contributed by atoms with Crippen molar-refractivity contribution in [1.29, 1.82) is 0 Å². The lowest BCUT2D eigenvalue weighted by molar-refractivity contribution is 0.467. The van der Waals surface area contributed by atoms with Crippen molar-refractivity contribution in [2.45, 2.75) is 19.8 Å². The number of hydrogen-bond donors (Lipinski definition) is 3. The molecule has 2 aromatic heterocycles. The van der Waals surface area contributed by atoms with Gasteiger partial charge in [-0.05, 0) is 68.4 Å². The van der Waals surface area contributed by atoms with Gasteiger partial charge in [0.1, 0.15) is 17.4 Å². The molecule has 0 saturated heterocycles. The zero-order valence-corrected chi connectivity index (χ0v) is 19.4. The molecule has 0 aliphatic rings. The summed E-state index contributed by atoms with van der Waals surface area (Å²) in [6, 6.07) is 17.4. The number of benzene rings is 3. The molecule has 0 radical (unpaired) electrons. The van der Waals surface area contributed by atoms with Crippen molar-refractivity contribution in [2.24, 2.45) is 0 Å². The summed E-state index contributed by atoms with van der Waals surface area (Å²) < 4.78 is 29.5. The van der Waals surface area contributed by atoms with Gasteiger partial charge >= 0.3 is 0 Å². The molecule has 0 saturated carbocycles. The Morgan fingerprint density at radius 2 is 1.11 bits per heavy atom. The normalized spacial score (nSPS) is 11.4. The van der Waals surface area contributed by atoms with Gasteiger partial charge in [-0.1, -0.05) is 18.2 Å². The first kappa shape index (κ1) is 23.1. The number of aromatic nitrogens is 4. The van der Waals surface area contributed by atoms with Crippen LogP contribution in [0.1, 0.15) is 34.0 Å². The fraction of sp³-hybridized carbons (Fsp3) is 0.111. The largest absolute Gasteiger partial charge is 0.508 e. The van der Waals surface area contributed by atoms with Crippen LogP contribution < -0.4 is 11.1 Å². The maximum atomic E-state index is 13.7. The third-order valence-corrected chi connectivity index (χ3v) is 6.23. The topological polar surface area (TPSA) is 95.8 Å². The number of rotatable bonds is 5. The van der Waals surface area contributed by atoms with Crippen molar-refractivity contribution in [3.05, 3.63) is 133 Å². The van der Waals surface area contributed by atoms with E-state index in [2.05, 4.69) is 10.2 Å². The monoisotopic (exact) mass is 488 g/mol. The zero-order chi connectivity index (χ0) is 25.6. The molecule has 2 heterocycles. The molecule has 5 rings (SSSR count). The summed E-state index contributed by atoms with van der Waals surface area (Å²) >= 11 is 0. The van der Waals surface area contributed by atoms with Crippen LogP contribution in [0.15, 0.2) is 82.4 Å². The highest BCUT2D eigenvalue weighted by Gasteiger charge is 2.32. The number of para-hydroxylation sites is 1. The third kappa shape index (κ3) is 3.84. The molecule has 0 aliphatic carbocycles. The van der Waals surface area contributed by atoms with Gasteiger partial charge in [0.25, 0.3) is 11.1 Å². The van der Waals surface area contributed by atoms with E-state index in [1.165, 1.54) is 64.0 Å². The number of nitrogens with zero attached hydrogens (tertiary/aromatic N) is 2. The first-order valence-corrected chi connectivity index (χ1v) is 11.2. The highest BCUT2D eigenvalue weighted by molar-refractivity contribution is 5.51. The molecule has 7 nitrogen and oxygen atoms in total. The van der Waals surface area contributed by atoms with Crippen molar-refractivity contribution in [3.8, 4) is 17.1 Å². The molecule has 3 N–H and O–H groups in total. The van der Waals surface area contributed by atoms with Gasteiger partial charge in [0, 0.05) is 17.0 Å². The van der Waals surface area contributed by atoms with Gasteiger partial charge in [-0.25, -0.2) is 18.1 Å². The third-order valence-electron chi connectivity index (χ3n) is 6.23. The second-order valence-electron chi connectivity index (χ2n) is 8.53. The quantitative estimate of drug-likeness (QED) is 0.342. The number of phenolic OH excluding ortho intramolecular Hbond substituents is 1. The highest BCUT2D eigenvalue weighted by Crippen LogP contribution is 2.36. The van der Waals surface area contributed by atoms with Gasteiger partial charge in [0.05, 0.1) is 28.4 Å². The predicted octanol–water partition coefficient (Wildman–Crippen LogP) is 4.43. The van der Waals surface area contributed by atoms with Crippen LogP contribution in [0.3, 0.4) is 0 Å². The smallest absolute Gasteiger partial charge is 0.275 e. The Labute approximate surface area is 203 Å². The minimum absolute atomic E-state index is 0.0795. The molecule has 0 fully saturated rings. The summed E-state index contributed by atoms with van der Waals surface area (Å²) in [5.41, 5.74) is 1.78. The molecule has 0 spiro atoms. The van der Waals surface area contributed by atoms with E-state index >= 15 is 0 Å². The molecule has 0 aliphatic heterocycles. The van der Waals surface area contributed by atoms with Crippen molar-refractivity contribution in [3.63, 3.8) is 0 Å². The molecule has 0 amide bonds. The Morgan fingerprint density at radius 1 is 0.694 bits per heavy atom. The van der Waals surface area contributed by atoms with E-state index < -0.39 is 28.7 Å². The molecule has 0 atom stereocenters. The molecule has 9 heteroatoms. The molecule has 0 bridgehead atoms. The summed E-state index contributed by atoms with van der Waals surface area (Å²) in [7, 11) is 0. The first-order chi connectivity index (χ1) is 17.3. The summed E-state index contributed by atoms with van der Waals surface area (Å²) in [5.74, 6) is -1.88. The molecular formula is C27H22F2N4O3. The van der Waals surface area contributed by atoms with E-state index in [4.69, 9.17) is 0 Å². The number of aromatic hydroxyl groups is 1. The average Bonchev–Trinajstić information content (AvgIpc) is 3.32. The number of aryl methyl sites for hydroxylation is 2. The van der Waals surface area contributed by atoms with Crippen LogP contribution in [0.4, 0.5) is 8.78 Å². The number of phenols is 1. The lowest BCUT2D eigenvalue weighted by Crippen LogP contribution is -2.25. The summed E-state index contributed by atoms with van der Waals surface area (Å²) in [5, 5.41) is 16.8. The van der Waals surface area contributed by atoms with Crippen LogP contribution in [0.5, 0.6) is 5.75 Å². The van der Waals surface area contributed by atoms with Crippen LogP contribution in [0.25, 0.3) is 11.4 Å². The fourth-order valence-electron chi connectivity index (χ4n) is 4.53. The van der Waals surface area contributed by atoms with E-state index in [-0.39, 0.29) is 16.9 Å². The van der Waals surface area contributed by atoms with Crippen LogP contribution >= 0.6 is 0 Å². The van der Waals surface area contributed by atoms with Gasteiger partial charge in [-0.2, -0.15) is 0 Å². The van der Waals surface area contributed by atoms with Crippen molar-refractivity contribution >= 4 is 0 Å². The van der Waals surface area contributed by atoms with Crippen LogP contribution in [0.2, 0.25) is 0 Å². The Kier molecular flexibility index (Phi) is 5.68. The van der Waals surface area contributed by atoms with Crippen LogP contribution in [0, 0.1) is 25.5 Å². The standard InChI is InChI=1S/C27H22F2N4O3/c1-15-23(26(35)32(30-15)19-11-7-17(28)8-12-19)25(21-5-3-4-6-22(21)34)24-16(2)31-33(27(24)36)20-13-9-18(29)10-14-20/h3-14,25,30-31,34H,1-2H3. The summed E-state index contributed by atoms with van der Waals surface area (Å²) in [6.07, 6.45) is 0. The number of H-pyrrole nitrogens is 2. The maximum absolute atomic E-state index is 13.7. The Morgan fingerprint density at radius 3 is 1.53 bits per heavy atom. The predicted molar refractivity (Wildman–Crippen MR) is 131 cm³/mol. The Balaban J connectivity index is 1.77. The molecule has 182 valence electrons. The zero-order valence-electron chi connectivity index (χ0n) is 19.4. The number of aromatic amines is 2. The number of nitrogens with one attached hydrogen (secondary N) is 2. The van der Waals surface area contributed by atoms with Crippen molar-refractivity contribution in [1.82, 2.24) is 19.6 Å². The Bertz CT molecular complexity index is 1570. The summed E-state index contributed by atoms with van der Waals surface area (Å²) in [6.45, 7) is 3.40. The van der Waals surface area contributed by atoms with E-state index in [9.17, 15) is 23.5 Å². The molecule has 36 heavy (non-hydrogen) atoms. The minimum Gasteiger partial charge on any atom is -0.508 e.